The first-order chi connectivity index (χ1) is 10.2. The quantitative estimate of drug-likeness (QED) is 0.247. The highest BCUT2D eigenvalue weighted by Crippen LogP contribution is 2.24. The Morgan fingerprint density at radius 1 is 1.00 bits per heavy atom. The van der Waals surface area contributed by atoms with E-state index in [1.807, 2.05) is 0 Å². The molecule has 1 fully saturated rings. The van der Waals surface area contributed by atoms with E-state index in [9.17, 15) is 34.8 Å². The van der Waals surface area contributed by atoms with Gasteiger partial charge in [0.1, 0.15) is 18.3 Å². The van der Waals surface area contributed by atoms with Gasteiger partial charge in [0.25, 0.3) is 6.47 Å². The summed E-state index contributed by atoms with van der Waals surface area (Å²) in [6.45, 7) is -0.143. The van der Waals surface area contributed by atoms with Gasteiger partial charge < -0.3 is 44.8 Å². The van der Waals surface area contributed by atoms with Crippen LogP contribution in [0.4, 0.5) is 0 Å². The van der Waals surface area contributed by atoms with Gasteiger partial charge in [0.05, 0.1) is 0 Å². The van der Waals surface area contributed by atoms with E-state index in [0.29, 0.717) is 0 Å². The van der Waals surface area contributed by atoms with Crippen LogP contribution >= 0.6 is 0 Å². The number of ether oxygens (including phenoxy) is 3. The average Bonchev–Trinajstić information content (AvgIpc) is 2.45. The molecule has 0 aromatic carbocycles. The van der Waals surface area contributed by atoms with Crippen LogP contribution in [-0.2, 0) is 28.6 Å². The number of carboxylic acids is 2. The standard InChI is InChI=1S/C10H14O12/c11-1-20-9-3(13)2(12)4(14)10(22-9)21-6(8(18)19)5(15)7(16)17/h1-6,9-10,12-15H,(H,16,17)(H,18,19). The zero-order valence-corrected chi connectivity index (χ0v) is 10.8. The van der Waals surface area contributed by atoms with E-state index in [0.717, 1.165) is 0 Å². The molecule has 0 bridgehead atoms. The first kappa shape index (κ1) is 18.2. The molecule has 1 heterocycles. The molecular formula is C10H14O12. The van der Waals surface area contributed by atoms with E-state index in [1.54, 1.807) is 0 Å². The Labute approximate surface area is 122 Å². The van der Waals surface area contributed by atoms with Gasteiger partial charge in [0.2, 0.25) is 6.29 Å². The Bertz CT molecular complexity index is 424. The van der Waals surface area contributed by atoms with E-state index in [4.69, 9.17) is 14.9 Å². The monoisotopic (exact) mass is 326 g/mol. The minimum Gasteiger partial charge on any atom is -0.479 e. The first-order valence-electron chi connectivity index (χ1n) is 5.78. The number of carbonyl (C=O) groups excluding carboxylic acids is 1. The third kappa shape index (κ3) is 3.88. The third-order valence-corrected chi connectivity index (χ3v) is 2.78. The fourth-order valence-electron chi connectivity index (χ4n) is 1.64. The van der Waals surface area contributed by atoms with Gasteiger partial charge in [-0.15, -0.1) is 0 Å². The number of aliphatic hydroxyl groups is 4. The van der Waals surface area contributed by atoms with Gasteiger partial charge in [0, 0.05) is 0 Å². The minimum atomic E-state index is -2.50. The van der Waals surface area contributed by atoms with Crippen molar-refractivity contribution in [2.24, 2.45) is 0 Å². The van der Waals surface area contributed by atoms with Crippen LogP contribution in [-0.4, -0.2) is 92.1 Å². The Balaban J connectivity index is 2.90. The Kier molecular flexibility index (Phi) is 6.16. The molecule has 6 N–H and O–H groups in total. The van der Waals surface area contributed by atoms with Crippen LogP contribution in [0.2, 0.25) is 0 Å². The number of rotatable bonds is 7. The molecule has 0 aromatic heterocycles. The van der Waals surface area contributed by atoms with Gasteiger partial charge in [-0.1, -0.05) is 0 Å². The summed E-state index contributed by atoms with van der Waals surface area (Å²) in [6, 6.07) is 0. The highest BCUT2D eigenvalue weighted by Gasteiger charge is 2.48. The van der Waals surface area contributed by atoms with Crippen LogP contribution < -0.4 is 0 Å². The summed E-state index contributed by atoms with van der Waals surface area (Å²) in [4.78, 5) is 31.7. The summed E-state index contributed by atoms with van der Waals surface area (Å²) >= 11 is 0. The summed E-state index contributed by atoms with van der Waals surface area (Å²) in [5, 5.41) is 55.2. The zero-order chi connectivity index (χ0) is 17.0. The maximum absolute atomic E-state index is 10.9. The molecule has 0 amide bonds. The van der Waals surface area contributed by atoms with Crippen LogP contribution in [0.1, 0.15) is 0 Å². The second-order valence-electron chi connectivity index (χ2n) is 4.25. The lowest BCUT2D eigenvalue weighted by atomic mass is 10.0. The normalized spacial score (nSPS) is 34.5. The first-order valence-corrected chi connectivity index (χ1v) is 5.78. The van der Waals surface area contributed by atoms with Crippen molar-refractivity contribution < 1.29 is 59.2 Å². The lowest BCUT2D eigenvalue weighted by molar-refractivity contribution is -0.348. The topological polar surface area (TPSA) is 200 Å². The summed E-state index contributed by atoms with van der Waals surface area (Å²) < 4.78 is 13.6. The van der Waals surface area contributed by atoms with Crippen molar-refractivity contribution >= 4 is 18.4 Å². The molecule has 0 spiro atoms. The lowest BCUT2D eigenvalue weighted by Crippen LogP contribution is -2.60. The van der Waals surface area contributed by atoms with E-state index in [2.05, 4.69) is 9.47 Å². The summed E-state index contributed by atoms with van der Waals surface area (Å²) in [7, 11) is 0. The summed E-state index contributed by atoms with van der Waals surface area (Å²) in [5.41, 5.74) is 0. The Hall–Kier alpha value is -1.83. The van der Waals surface area contributed by atoms with Gasteiger partial charge in [-0.25, -0.2) is 9.59 Å². The summed E-state index contributed by atoms with van der Waals surface area (Å²) in [6.07, 6.45) is -14.4. The molecule has 1 aliphatic rings. The van der Waals surface area contributed by atoms with E-state index >= 15 is 0 Å². The molecule has 12 heteroatoms. The van der Waals surface area contributed by atoms with Crippen molar-refractivity contribution in [3.8, 4) is 0 Å². The molecule has 0 radical (unpaired) electrons. The van der Waals surface area contributed by atoms with Crippen LogP contribution in [0.15, 0.2) is 0 Å². The number of carboxylic acid groups (broad SMARTS) is 2. The van der Waals surface area contributed by atoms with Gasteiger partial charge in [0.15, 0.2) is 18.5 Å². The predicted octanol–water partition coefficient (Wildman–Crippen LogP) is -4.16. The number of hydrogen-bond acceptors (Lipinski definition) is 10. The van der Waals surface area contributed by atoms with Gasteiger partial charge in [-0.2, -0.15) is 0 Å². The van der Waals surface area contributed by atoms with E-state index in [1.165, 1.54) is 0 Å². The van der Waals surface area contributed by atoms with Crippen molar-refractivity contribution in [2.75, 3.05) is 0 Å². The number of hydrogen-bond donors (Lipinski definition) is 6. The molecule has 22 heavy (non-hydrogen) atoms. The fraction of sp³-hybridized carbons (Fsp3) is 0.700. The van der Waals surface area contributed by atoms with Gasteiger partial charge >= 0.3 is 11.9 Å². The predicted molar refractivity (Wildman–Crippen MR) is 60.0 cm³/mol. The smallest absolute Gasteiger partial charge is 0.336 e. The lowest BCUT2D eigenvalue weighted by Gasteiger charge is -2.39. The van der Waals surface area contributed by atoms with Gasteiger partial charge in [-0.3, -0.25) is 4.79 Å². The largest absolute Gasteiger partial charge is 0.479 e. The van der Waals surface area contributed by atoms with Crippen molar-refractivity contribution in [1.82, 2.24) is 0 Å². The molecule has 12 nitrogen and oxygen atoms in total. The second-order valence-corrected chi connectivity index (χ2v) is 4.25. The van der Waals surface area contributed by atoms with Crippen molar-refractivity contribution in [3.05, 3.63) is 0 Å². The molecule has 7 unspecified atom stereocenters. The molecule has 1 aliphatic heterocycles. The van der Waals surface area contributed by atoms with Crippen LogP contribution in [0, 0.1) is 0 Å². The van der Waals surface area contributed by atoms with Crippen molar-refractivity contribution in [3.63, 3.8) is 0 Å². The number of aliphatic carboxylic acids is 2. The molecule has 126 valence electrons. The average molecular weight is 326 g/mol. The number of aliphatic hydroxyl groups excluding tert-OH is 4. The summed E-state index contributed by atoms with van der Waals surface area (Å²) in [5.74, 6) is -3.81. The minimum absolute atomic E-state index is 0.143. The van der Waals surface area contributed by atoms with Crippen LogP contribution in [0.3, 0.4) is 0 Å². The molecule has 0 aliphatic carbocycles. The highest BCUT2D eigenvalue weighted by atomic mass is 16.8. The fourth-order valence-corrected chi connectivity index (χ4v) is 1.64. The SMILES string of the molecule is O=COC1OC(OC(C(=O)O)C(O)C(=O)O)C(O)C(O)C1O. The Morgan fingerprint density at radius 3 is 2.00 bits per heavy atom. The van der Waals surface area contributed by atoms with Crippen molar-refractivity contribution in [1.29, 1.82) is 0 Å². The number of carbonyl (C=O) groups is 3. The second kappa shape index (κ2) is 7.44. The molecule has 1 saturated heterocycles. The van der Waals surface area contributed by atoms with E-state index in [-0.39, 0.29) is 6.47 Å². The maximum Gasteiger partial charge on any atom is 0.336 e. The van der Waals surface area contributed by atoms with Crippen molar-refractivity contribution in [2.45, 2.75) is 43.1 Å². The molecule has 0 saturated carbocycles. The van der Waals surface area contributed by atoms with Crippen LogP contribution in [0.25, 0.3) is 0 Å². The van der Waals surface area contributed by atoms with Gasteiger partial charge in [-0.05, 0) is 0 Å². The molecule has 1 rings (SSSR count). The molecular weight excluding hydrogens is 312 g/mol. The third-order valence-electron chi connectivity index (χ3n) is 2.78. The van der Waals surface area contributed by atoms with Crippen LogP contribution in [0.5, 0.6) is 0 Å². The Morgan fingerprint density at radius 2 is 1.55 bits per heavy atom. The molecule has 7 atom stereocenters. The zero-order valence-electron chi connectivity index (χ0n) is 10.8. The molecule has 0 aromatic rings. The van der Waals surface area contributed by atoms with E-state index < -0.39 is 55.0 Å². The highest BCUT2D eigenvalue weighted by molar-refractivity contribution is 5.83. The maximum atomic E-state index is 10.9.